The van der Waals surface area contributed by atoms with Crippen molar-refractivity contribution in [1.29, 1.82) is 0 Å². The summed E-state index contributed by atoms with van der Waals surface area (Å²) in [5, 5.41) is 0. The molecule has 0 atom stereocenters. The van der Waals surface area contributed by atoms with Crippen LogP contribution >= 0.6 is 11.6 Å². The second-order valence-corrected chi connectivity index (χ2v) is 5.58. The summed E-state index contributed by atoms with van der Waals surface area (Å²) in [5.74, 6) is 0.0909. The Morgan fingerprint density at radius 1 is 1.14 bits per heavy atom. The predicted molar refractivity (Wildman–Crippen MR) is 79.9 cm³/mol. The van der Waals surface area contributed by atoms with E-state index in [1.807, 2.05) is 4.90 Å². The number of anilines is 1. The molecule has 1 aromatic rings. The predicted octanol–water partition coefficient (Wildman–Crippen LogP) is 3.98. The minimum absolute atomic E-state index is 0.0909. The molecule has 0 aromatic heterocycles. The number of hydrogen-bond donors (Lipinski definition) is 0. The van der Waals surface area contributed by atoms with E-state index < -0.39 is 11.7 Å². The van der Waals surface area contributed by atoms with Crippen LogP contribution in [0.4, 0.5) is 18.9 Å². The molecular weight excluding hydrogens is 301 g/mol. The summed E-state index contributed by atoms with van der Waals surface area (Å²) in [6.07, 6.45) is -3.28. The molecule has 0 unspecified atom stereocenters. The molecule has 0 radical (unpaired) electrons. The third kappa shape index (κ3) is 4.04. The Balaban J connectivity index is 2.20. The number of alkyl halides is 4. The zero-order valence-electron chi connectivity index (χ0n) is 12.1. The summed E-state index contributed by atoms with van der Waals surface area (Å²) >= 11 is 5.65. The van der Waals surface area contributed by atoms with Gasteiger partial charge >= 0.3 is 6.18 Å². The smallest absolute Gasteiger partial charge is 0.368 e. The first kappa shape index (κ1) is 16.4. The maximum Gasteiger partial charge on any atom is 0.418 e. The number of piperazine rings is 1. The van der Waals surface area contributed by atoms with Gasteiger partial charge in [-0.3, -0.25) is 4.90 Å². The van der Waals surface area contributed by atoms with E-state index >= 15 is 0 Å². The van der Waals surface area contributed by atoms with Gasteiger partial charge in [-0.05, 0) is 30.7 Å². The number of benzene rings is 1. The maximum atomic E-state index is 13.2. The number of halogens is 4. The van der Waals surface area contributed by atoms with Gasteiger partial charge in [0.25, 0.3) is 0 Å². The van der Waals surface area contributed by atoms with Crippen molar-refractivity contribution in [1.82, 2.24) is 4.90 Å². The second-order valence-electron chi connectivity index (χ2n) is 5.31. The SMILES string of the molecule is CCCN1CCN(c2ccc(CCl)cc2C(F)(F)F)CC1. The molecule has 1 saturated heterocycles. The van der Waals surface area contributed by atoms with Crippen LogP contribution in [0.2, 0.25) is 0 Å². The normalized spacial score (nSPS) is 17.3. The molecule has 1 fully saturated rings. The molecule has 1 aromatic carbocycles. The first-order chi connectivity index (χ1) is 9.95. The molecule has 2 rings (SSSR count). The van der Waals surface area contributed by atoms with Crippen molar-refractivity contribution >= 4 is 17.3 Å². The lowest BCUT2D eigenvalue weighted by atomic mass is 10.1. The third-order valence-corrected chi connectivity index (χ3v) is 4.08. The molecule has 0 bridgehead atoms. The van der Waals surface area contributed by atoms with E-state index in [1.165, 1.54) is 6.07 Å². The van der Waals surface area contributed by atoms with Crippen LogP contribution in [-0.2, 0) is 12.1 Å². The molecule has 21 heavy (non-hydrogen) atoms. The minimum Gasteiger partial charge on any atom is -0.368 e. The highest BCUT2D eigenvalue weighted by molar-refractivity contribution is 6.17. The standard InChI is InChI=1S/C15H20ClF3N2/c1-2-5-20-6-8-21(9-7-20)14-4-3-12(11-16)10-13(14)15(17,18)19/h3-4,10H,2,5-9,11H2,1H3. The van der Waals surface area contributed by atoms with Gasteiger partial charge in [0.2, 0.25) is 0 Å². The van der Waals surface area contributed by atoms with Crippen molar-refractivity contribution < 1.29 is 13.2 Å². The zero-order chi connectivity index (χ0) is 15.5. The van der Waals surface area contributed by atoms with Gasteiger partial charge in [0.05, 0.1) is 5.56 Å². The fraction of sp³-hybridized carbons (Fsp3) is 0.600. The molecule has 1 aliphatic heterocycles. The van der Waals surface area contributed by atoms with Crippen molar-refractivity contribution in [3.8, 4) is 0 Å². The fourth-order valence-electron chi connectivity index (χ4n) is 2.70. The summed E-state index contributed by atoms with van der Waals surface area (Å²) in [4.78, 5) is 4.11. The first-order valence-electron chi connectivity index (χ1n) is 7.19. The Morgan fingerprint density at radius 3 is 2.33 bits per heavy atom. The van der Waals surface area contributed by atoms with Crippen LogP contribution in [0, 0.1) is 0 Å². The van der Waals surface area contributed by atoms with Gasteiger partial charge < -0.3 is 4.90 Å². The molecule has 0 spiro atoms. The van der Waals surface area contributed by atoms with Crippen molar-refractivity contribution in [3.05, 3.63) is 29.3 Å². The zero-order valence-corrected chi connectivity index (χ0v) is 12.8. The number of nitrogens with zero attached hydrogens (tertiary/aromatic N) is 2. The molecule has 0 aliphatic carbocycles. The van der Waals surface area contributed by atoms with Gasteiger partial charge in [-0.15, -0.1) is 11.6 Å². The summed E-state index contributed by atoms with van der Waals surface area (Å²) in [6, 6.07) is 4.40. The van der Waals surface area contributed by atoms with Crippen LogP contribution in [-0.4, -0.2) is 37.6 Å². The molecule has 118 valence electrons. The Bertz CT molecular complexity index is 468. The van der Waals surface area contributed by atoms with E-state index in [-0.39, 0.29) is 11.6 Å². The average Bonchev–Trinajstić information content (AvgIpc) is 2.47. The van der Waals surface area contributed by atoms with E-state index in [0.29, 0.717) is 18.7 Å². The lowest BCUT2D eigenvalue weighted by molar-refractivity contribution is -0.137. The first-order valence-corrected chi connectivity index (χ1v) is 7.72. The van der Waals surface area contributed by atoms with E-state index in [9.17, 15) is 13.2 Å². The van der Waals surface area contributed by atoms with Crippen molar-refractivity contribution in [2.24, 2.45) is 0 Å². The van der Waals surface area contributed by atoms with E-state index in [1.54, 1.807) is 12.1 Å². The molecule has 1 aliphatic rings. The lowest BCUT2D eigenvalue weighted by Gasteiger charge is -2.37. The second kappa shape index (κ2) is 6.88. The summed E-state index contributed by atoms with van der Waals surface area (Å²) in [7, 11) is 0. The quantitative estimate of drug-likeness (QED) is 0.774. The van der Waals surface area contributed by atoms with Crippen molar-refractivity contribution in [2.75, 3.05) is 37.6 Å². The Hall–Kier alpha value is -0.940. The number of rotatable bonds is 4. The lowest BCUT2D eigenvalue weighted by Crippen LogP contribution is -2.47. The van der Waals surface area contributed by atoms with Crippen LogP contribution in [0.5, 0.6) is 0 Å². The van der Waals surface area contributed by atoms with Gasteiger partial charge in [-0.2, -0.15) is 13.2 Å². The van der Waals surface area contributed by atoms with Crippen LogP contribution in [0.1, 0.15) is 24.5 Å². The topological polar surface area (TPSA) is 6.48 Å². The summed E-state index contributed by atoms with van der Waals surface area (Å²) in [5.41, 5.74) is 0.189. The highest BCUT2D eigenvalue weighted by Gasteiger charge is 2.35. The fourth-order valence-corrected chi connectivity index (χ4v) is 2.86. The molecule has 0 N–H and O–H groups in total. The monoisotopic (exact) mass is 320 g/mol. The van der Waals surface area contributed by atoms with Crippen molar-refractivity contribution in [3.63, 3.8) is 0 Å². The number of hydrogen-bond acceptors (Lipinski definition) is 2. The van der Waals surface area contributed by atoms with Crippen LogP contribution in [0.25, 0.3) is 0 Å². The van der Waals surface area contributed by atoms with Crippen LogP contribution in [0.15, 0.2) is 18.2 Å². The highest BCUT2D eigenvalue weighted by atomic mass is 35.5. The molecule has 0 amide bonds. The average molecular weight is 321 g/mol. The van der Waals surface area contributed by atoms with Crippen molar-refractivity contribution in [2.45, 2.75) is 25.4 Å². The van der Waals surface area contributed by atoms with Gasteiger partial charge in [-0.25, -0.2) is 0 Å². The van der Waals surface area contributed by atoms with Gasteiger partial charge in [0.1, 0.15) is 0 Å². The molecular formula is C15H20ClF3N2. The third-order valence-electron chi connectivity index (χ3n) is 3.77. The molecule has 2 nitrogen and oxygen atoms in total. The van der Waals surface area contributed by atoms with E-state index in [0.717, 1.165) is 26.1 Å². The van der Waals surface area contributed by atoms with Gasteiger partial charge in [-0.1, -0.05) is 13.0 Å². The molecule has 6 heteroatoms. The Morgan fingerprint density at radius 2 is 1.81 bits per heavy atom. The van der Waals surface area contributed by atoms with E-state index in [2.05, 4.69) is 11.8 Å². The Labute approximate surface area is 128 Å². The Kier molecular flexibility index (Phi) is 5.38. The molecule has 1 heterocycles. The van der Waals surface area contributed by atoms with E-state index in [4.69, 9.17) is 11.6 Å². The van der Waals surface area contributed by atoms with Crippen LogP contribution in [0.3, 0.4) is 0 Å². The minimum atomic E-state index is -4.35. The largest absolute Gasteiger partial charge is 0.418 e. The van der Waals surface area contributed by atoms with Crippen LogP contribution < -0.4 is 4.90 Å². The summed E-state index contributed by atoms with van der Waals surface area (Å²) in [6.45, 7) is 5.99. The highest BCUT2D eigenvalue weighted by Crippen LogP contribution is 2.37. The maximum absolute atomic E-state index is 13.2. The molecule has 0 saturated carbocycles. The summed E-state index contributed by atoms with van der Waals surface area (Å²) < 4.78 is 39.7. The van der Waals surface area contributed by atoms with Gasteiger partial charge in [0.15, 0.2) is 0 Å². The van der Waals surface area contributed by atoms with Gasteiger partial charge in [0, 0.05) is 37.7 Å².